The molecule has 1 fully saturated rings. The molecule has 5 rings (SSSR count). The molecule has 0 saturated carbocycles. The van der Waals surface area contributed by atoms with Crippen LogP contribution in [0.25, 0.3) is 0 Å². The number of aromatic nitrogens is 1. The van der Waals surface area contributed by atoms with Gasteiger partial charge in [0.1, 0.15) is 6.61 Å². The molecule has 2 aliphatic rings. The molecule has 2 amide bonds. The molecule has 0 N–H and O–H groups in total. The lowest BCUT2D eigenvalue weighted by Crippen LogP contribution is -2.42. The van der Waals surface area contributed by atoms with Crippen LogP contribution in [0.2, 0.25) is 0 Å². The fraction of sp³-hybridized carbons (Fsp3) is 0.320. The lowest BCUT2D eigenvalue weighted by molar-refractivity contribution is -0.129. The molecule has 1 aromatic carbocycles. The van der Waals surface area contributed by atoms with Crippen molar-refractivity contribution in [3.8, 4) is 0 Å². The number of ether oxygens (including phenoxy) is 1. The Morgan fingerprint density at radius 2 is 2.06 bits per heavy atom. The first-order valence-corrected chi connectivity index (χ1v) is 11.8. The summed E-state index contributed by atoms with van der Waals surface area (Å²) < 4.78 is 5.28. The number of nitrogens with zero attached hydrogens (tertiary/aromatic N) is 3. The van der Waals surface area contributed by atoms with Crippen molar-refractivity contribution in [2.45, 2.75) is 38.3 Å². The number of thiophene rings is 1. The van der Waals surface area contributed by atoms with Gasteiger partial charge in [0.05, 0.1) is 29.9 Å². The molecule has 4 heterocycles. The Morgan fingerprint density at radius 1 is 1.22 bits per heavy atom. The van der Waals surface area contributed by atoms with Crippen molar-refractivity contribution < 1.29 is 14.3 Å². The van der Waals surface area contributed by atoms with Crippen LogP contribution >= 0.6 is 11.3 Å². The summed E-state index contributed by atoms with van der Waals surface area (Å²) in [6, 6.07) is 15.6. The van der Waals surface area contributed by atoms with E-state index in [-0.39, 0.29) is 31.0 Å². The Kier molecular flexibility index (Phi) is 5.66. The average molecular weight is 448 g/mol. The van der Waals surface area contributed by atoms with Gasteiger partial charge in [0.2, 0.25) is 5.91 Å². The van der Waals surface area contributed by atoms with Gasteiger partial charge < -0.3 is 9.64 Å². The minimum Gasteiger partial charge on any atom is -0.447 e. The van der Waals surface area contributed by atoms with Gasteiger partial charge in [-0.2, -0.15) is 11.3 Å². The Bertz CT molecular complexity index is 1120. The number of carbonyl (C=O) groups excluding carboxylic acids is 2. The van der Waals surface area contributed by atoms with Crippen LogP contribution in [0.5, 0.6) is 0 Å². The standard InChI is InChI=1S/C25H25N3O3S/c1-17-7-8-22-21(26-17)9-11-27(22)23(19-10-12-32-16-19)14-24(29)28-20(15-31-25(28)30)13-18-5-3-2-4-6-18/h2-8,10,12,16,20,23H,9,11,13-15H2,1H3/t20-,23-/m1/s1. The van der Waals surface area contributed by atoms with Gasteiger partial charge in [-0.3, -0.25) is 9.78 Å². The van der Waals surface area contributed by atoms with E-state index in [1.54, 1.807) is 11.3 Å². The summed E-state index contributed by atoms with van der Waals surface area (Å²) >= 11 is 1.61. The van der Waals surface area contributed by atoms with Gasteiger partial charge in [-0.25, -0.2) is 9.69 Å². The second kappa shape index (κ2) is 8.74. The van der Waals surface area contributed by atoms with Crippen LogP contribution in [0.3, 0.4) is 0 Å². The van der Waals surface area contributed by atoms with E-state index < -0.39 is 6.09 Å². The quantitative estimate of drug-likeness (QED) is 0.555. The van der Waals surface area contributed by atoms with Crippen LogP contribution in [0.1, 0.15) is 35.0 Å². The molecule has 0 aliphatic carbocycles. The molecule has 2 atom stereocenters. The number of anilines is 1. The molecular formula is C25H25N3O3S. The van der Waals surface area contributed by atoms with E-state index in [0.29, 0.717) is 6.42 Å². The number of fused-ring (bicyclic) bond motifs is 1. The number of hydrogen-bond acceptors (Lipinski definition) is 6. The Labute approximate surface area is 191 Å². The summed E-state index contributed by atoms with van der Waals surface area (Å²) in [6.45, 7) is 3.03. The monoisotopic (exact) mass is 447 g/mol. The highest BCUT2D eigenvalue weighted by atomic mass is 32.1. The molecule has 2 aromatic heterocycles. The molecule has 1 saturated heterocycles. The number of rotatable bonds is 6. The van der Waals surface area contributed by atoms with Gasteiger partial charge >= 0.3 is 6.09 Å². The molecule has 0 bridgehead atoms. The Hall–Kier alpha value is -3.19. The molecule has 32 heavy (non-hydrogen) atoms. The van der Waals surface area contributed by atoms with Crippen molar-refractivity contribution >= 4 is 29.0 Å². The summed E-state index contributed by atoms with van der Waals surface area (Å²) in [7, 11) is 0. The van der Waals surface area contributed by atoms with Crippen LogP contribution in [0.4, 0.5) is 10.5 Å². The Morgan fingerprint density at radius 3 is 2.84 bits per heavy atom. The maximum Gasteiger partial charge on any atom is 0.416 e. The van der Waals surface area contributed by atoms with E-state index in [4.69, 9.17) is 4.74 Å². The maximum atomic E-state index is 13.5. The fourth-order valence-electron chi connectivity index (χ4n) is 4.66. The second-order valence-electron chi connectivity index (χ2n) is 8.32. The van der Waals surface area contributed by atoms with Crippen molar-refractivity contribution in [3.63, 3.8) is 0 Å². The van der Waals surface area contributed by atoms with E-state index in [9.17, 15) is 9.59 Å². The van der Waals surface area contributed by atoms with Crippen LogP contribution < -0.4 is 4.90 Å². The van der Waals surface area contributed by atoms with E-state index in [0.717, 1.165) is 41.2 Å². The predicted octanol–water partition coefficient (Wildman–Crippen LogP) is 4.54. The van der Waals surface area contributed by atoms with Crippen molar-refractivity contribution in [1.82, 2.24) is 9.88 Å². The molecule has 0 unspecified atom stereocenters. The largest absolute Gasteiger partial charge is 0.447 e. The van der Waals surface area contributed by atoms with Crippen LogP contribution in [-0.2, 0) is 22.4 Å². The number of imide groups is 1. The molecule has 0 radical (unpaired) electrons. The zero-order chi connectivity index (χ0) is 22.1. The fourth-order valence-corrected chi connectivity index (χ4v) is 5.37. The zero-order valence-corrected chi connectivity index (χ0v) is 18.8. The topological polar surface area (TPSA) is 62.7 Å². The van der Waals surface area contributed by atoms with Crippen molar-refractivity contribution in [2.75, 3.05) is 18.1 Å². The lowest BCUT2D eigenvalue weighted by atomic mass is 10.0. The first-order valence-electron chi connectivity index (χ1n) is 10.9. The van der Waals surface area contributed by atoms with Gasteiger partial charge in [-0.1, -0.05) is 30.3 Å². The third-order valence-electron chi connectivity index (χ3n) is 6.20. The number of aryl methyl sites for hydroxylation is 1. The summed E-state index contributed by atoms with van der Waals surface area (Å²) in [5.41, 5.74) is 5.31. The molecule has 0 spiro atoms. The highest BCUT2D eigenvalue weighted by molar-refractivity contribution is 7.08. The maximum absolute atomic E-state index is 13.5. The lowest BCUT2D eigenvalue weighted by Gasteiger charge is -2.31. The van der Waals surface area contributed by atoms with E-state index in [2.05, 4.69) is 27.4 Å². The van der Waals surface area contributed by atoms with E-state index >= 15 is 0 Å². The summed E-state index contributed by atoms with van der Waals surface area (Å²) in [5.74, 6) is -0.196. The van der Waals surface area contributed by atoms with E-state index in [1.165, 1.54) is 4.90 Å². The highest BCUT2D eigenvalue weighted by Crippen LogP contribution is 2.37. The zero-order valence-electron chi connectivity index (χ0n) is 17.9. The van der Waals surface area contributed by atoms with Crippen molar-refractivity contribution in [2.24, 2.45) is 0 Å². The highest BCUT2D eigenvalue weighted by Gasteiger charge is 2.40. The molecular weight excluding hydrogens is 422 g/mol. The summed E-state index contributed by atoms with van der Waals surface area (Å²) in [6.07, 6.45) is 1.12. The van der Waals surface area contributed by atoms with Crippen LogP contribution in [-0.4, -0.2) is 41.1 Å². The first kappa shape index (κ1) is 20.7. The third-order valence-corrected chi connectivity index (χ3v) is 6.91. The molecule has 3 aromatic rings. The minimum atomic E-state index is -0.542. The minimum absolute atomic E-state index is 0.148. The number of carbonyl (C=O) groups is 2. The Balaban J connectivity index is 1.39. The van der Waals surface area contributed by atoms with Crippen LogP contribution in [0, 0.1) is 6.92 Å². The molecule has 6 nitrogen and oxygen atoms in total. The normalized spacial score (nSPS) is 18.5. The number of amides is 2. The number of cyclic esters (lactones) is 1. The van der Waals surface area contributed by atoms with Crippen molar-refractivity contribution in [1.29, 1.82) is 0 Å². The number of pyridine rings is 1. The average Bonchev–Trinajstić information content (AvgIpc) is 3.53. The van der Waals surface area contributed by atoms with Crippen LogP contribution in [0.15, 0.2) is 59.3 Å². The molecule has 7 heteroatoms. The van der Waals surface area contributed by atoms with Crippen molar-refractivity contribution in [3.05, 3.63) is 81.8 Å². The van der Waals surface area contributed by atoms with E-state index in [1.807, 2.05) is 48.7 Å². The molecule has 2 aliphatic heterocycles. The summed E-state index contributed by atoms with van der Waals surface area (Å²) in [5, 5.41) is 4.11. The third kappa shape index (κ3) is 4.00. The number of hydrogen-bond donors (Lipinski definition) is 0. The molecule has 164 valence electrons. The summed E-state index contributed by atoms with van der Waals surface area (Å²) in [4.78, 5) is 34.2. The van der Waals surface area contributed by atoms with Gasteiger partial charge in [-0.15, -0.1) is 0 Å². The second-order valence-corrected chi connectivity index (χ2v) is 9.10. The smallest absolute Gasteiger partial charge is 0.416 e. The SMILES string of the molecule is Cc1ccc2c(n1)CCN2[C@H](CC(=O)N1C(=O)OC[C@H]1Cc1ccccc1)c1ccsc1. The van der Waals surface area contributed by atoms with Gasteiger partial charge in [-0.05, 0) is 53.4 Å². The van der Waals surface area contributed by atoms with Gasteiger partial charge in [0.25, 0.3) is 0 Å². The van der Waals surface area contributed by atoms with Gasteiger partial charge in [0.15, 0.2) is 0 Å². The van der Waals surface area contributed by atoms with Gasteiger partial charge in [0, 0.05) is 18.7 Å². The predicted molar refractivity (Wildman–Crippen MR) is 124 cm³/mol. The number of benzene rings is 1. The first-order chi connectivity index (χ1) is 15.6.